The normalized spacial score (nSPS) is 12.6. The Morgan fingerprint density at radius 2 is 1.71 bits per heavy atom. The monoisotopic (exact) mass is 274 g/mol. The molecule has 1 unspecified atom stereocenters. The van der Waals surface area contributed by atoms with Gasteiger partial charge in [-0.15, -0.1) is 11.6 Å². The van der Waals surface area contributed by atoms with E-state index in [9.17, 15) is 4.79 Å². The van der Waals surface area contributed by atoms with Gasteiger partial charge in [0.15, 0.2) is 10.1 Å². The summed E-state index contributed by atoms with van der Waals surface area (Å²) in [7, 11) is 0. The van der Waals surface area contributed by atoms with Crippen molar-refractivity contribution in [1.82, 2.24) is 0 Å². The average molecular weight is 276 g/mol. The molecule has 1 aromatic carbocycles. The number of carbonyl (C=O) groups is 1. The summed E-state index contributed by atoms with van der Waals surface area (Å²) in [6.07, 6.45) is 0. The number of aryl methyl sites for hydroxylation is 3. The van der Waals surface area contributed by atoms with E-state index < -0.39 is 4.29 Å². The largest absolute Gasteiger partial charge is 0.292 e. The third-order valence-corrected chi connectivity index (χ3v) is 2.92. The van der Waals surface area contributed by atoms with Crippen molar-refractivity contribution in [2.45, 2.75) is 25.1 Å². The quantitative estimate of drug-likeness (QED) is 0.593. The number of ketones is 1. The highest BCUT2D eigenvalue weighted by atomic mass is 79.9. The van der Waals surface area contributed by atoms with Gasteiger partial charge in [-0.1, -0.05) is 22.0 Å². The minimum Gasteiger partial charge on any atom is -0.292 e. The van der Waals surface area contributed by atoms with Crippen LogP contribution in [0.25, 0.3) is 0 Å². The maximum absolute atomic E-state index is 11.6. The van der Waals surface area contributed by atoms with Gasteiger partial charge >= 0.3 is 0 Å². The van der Waals surface area contributed by atoms with Gasteiger partial charge in [0, 0.05) is 5.56 Å². The molecular formula is C11H12BrClO. The summed E-state index contributed by atoms with van der Waals surface area (Å²) < 4.78 is -0.636. The molecule has 1 atom stereocenters. The van der Waals surface area contributed by atoms with Gasteiger partial charge in [0.2, 0.25) is 0 Å². The van der Waals surface area contributed by atoms with Crippen LogP contribution >= 0.6 is 27.5 Å². The van der Waals surface area contributed by atoms with Crippen molar-refractivity contribution in [1.29, 1.82) is 0 Å². The van der Waals surface area contributed by atoms with Crippen LogP contribution in [0.1, 0.15) is 27.0 Å². The van der Waals surface area contributed by atoms with Crippen LogP contribution in [0.3, 0.4) is 0 Å². The molecule has 0 N–H and O–H groups in total. The van der Waals surface area contributed by atoms with Crippen molar-refractivity contribution in [2.75, 3.05) is 0 Å². The van der Waals surface area contributed by atoms with Gasteiger partial charge in [-0.2, -0.15) is 0 Å². The molecule has 14 heavy (non-hydrogen) atoms. The molecule has 0 aromatic heterocycles. The van der Waals surface area contributed by atoms with E-state index in [2.05, 4.69) is 15.9 Å². The Balaban J connectivity index is 3.22. The molecule has 0 bridgehead atoms. The smallest absolute Gasteiger partial charge is 0.191 e. The zero-order chi connectivity index (χ0) is 10.9. The van der Waals surface area contributed by atoms with Crippen molar-refractivity contribution in [3.63, 3.8) is 0 Å². The van der Waals surface area contributed by atoms with Crippen molar-refractivity contribution in [3.8, 4) is 0 Å². The minimum absolute atomic E-state index is 0.0766. The van der Waals surface area contributed by atoms with Gasteiger partial charge in [-0.05, 0) is 43.5 Å². The summed E-state index contributed by atoms with van der Waals surface area (Å²) in [5, 5.41) is 0. The van der Waals surface area contributed by atoms with Crippen LogP contribution in [0, 0.1) is 20.8 Å². The Hall–Kier alpha value is -0.340. The molecule has 1 aromatic rings. The van der Waals surface area contributed by atoms with Gasteiger partial charge in [-0.25, -0.2) is 0 Å². The number of benzene rings is 1. The highest BCUT2D eigenvalue weighted by Crippen LogP contribution is 2.20. The summed E-state index contributed by atoms with van der Waals surface area (Å²) in [6, 6.07) is 3.90. The average Bonchev–Trinajstić information content (AvgIpc) is 2.10. The van der Waals surface area contributed by atoms with Gasteiger partial charge < -0.3 is 0 Å². The number of halogens is 2. The molecule has 0 radical (unpaired) electrons. The van der Waals surface area contributed by atoms with Crippen molar-refractivity contribution >= 4 is 33.3 Å². The maximum Gasteiger partial charge on any atom is 0.191 e. The standard InChI is InChI=1S/C11H12BrClO/c1-6-4-8(3)9(5-7(6)2)10(14)11(12)13/h4-5,11H,1-3H3. The molecule has 1 nitrogen and oxygen atoms in total. The van der Waals surface area contributed by atoms with Crippen LogP contribution in [-0.2, 0) is 0 Å². The molecule has 0 amide bonds. The van der Waals surface area contributed by atoms with Crippen LogP contribution in [0.4, 0.5) is 0 Å². The summed E-state index contributed by atoms with van der Waals surface area (Å²) in [4.78, 5) is 11.6. The first-order chi connectivity index (χ1) is 6.43. The van der Waals surface area contributed by atoms with E-state index >= 15 is 0 Å². The fraction of sp³-hybridized carbons (Fsp3) is 0.364. The molecule has 0 spiro atoms. The van der Waals surface area contributed by atoms with Crippen LogP contribution in [0.5, 0.6) is 0 Å². The first-order valence-electron chi connectivity index (χ1n) is 4.33. The lowest BCUT2D eigenvalue weighted by Crippen LogP contribution is -2.10. The third-order valence-electron chi connectivity index (χ3n) is 2.30. The lowest BCUT2D eigenvalue weighted by molar-refractivity contribution is 0.101. The fourth-order valence-electron chi connectivity index (χ4n) is 1.34. The van der Waals surface area contributed by atoms with E-state index in [1.54, 1.807) is 0 Å². The molecule has 76 valence electrons. The van der Waals surface area contributed by atoms with Crippen molar-refractivity contribution in [3.05, 3.63) is 34.4 Å². The van der Waals surface area contributed by atoms with E-state index in [-0.39, 0.29) is 5.78 Å². The Bertz CT molecular complexity index is 372. The van der Waals surface area contributed by atoms with Crippen LogP contribution < -0.4 is 0 Å². The highest BCUT2D eigenvalue weighted by Gasteiger charge is 2.16. The first kappa shape index (κ1) is 11.7. The van der Waals surface area contributed by atoms with Gasteiger partial charge in [0.1, 0.15) is 0 Å². The summed E-state index contributed by atoms with van der Waals surface area (Å²) in [5.74, 6) is -0.0766. The molecule has 1 rings (SSSR count). The second kappa shape index (κ2) is 4.45. The van der Waals surface area contributed by atoms with Gasteiger partial charge in [0.05, 0.1) is 0 Å². The zero-order valence-electron chi connectivity index (χ0n) is 8.40. The van der Waals surface area contributed by atoms with Crippen molar-refractivity contribution < 1.29 is 4.79 Å². The lowest BCUT2D eigenvalue weighted by atomic mass is 9.99. The number of hydrogen-bond acceptors (Lipinski definition) is 1. The first-order valence-corrected chi connectivity index (χ1v) is 5.69. The Kier molecular flexibility index (Phi) is 3.73. The topological polar surface area (TPSA) is 17.1 Å². The van der Waals surface area contributed by atoms with E-state index in [0.29, 0.717) is 5.56 Å². The highest BCUT2D eigenvalue weighted by molar-refractivity contribution is 9.10. The number of hydrogen-bond donors (Lipinski definition) is 0. The molecule has 0 saturated carbocycles. The number of carbonyl (C=O) groups excluding carboxylic acids is 1. The van der Waals surface area contributed by atoms with Crippen LogP contribution in [0.2, 0.25) is 0 Å². The molecule has 0 aliphatic carbocycles. The fourth-order valence-corrected chi connectivity index (χ4v) is 1.71. The van der Waals surface area contributed by atoms with Crippen molar-refractivity contribution in [2.24, 2.45) is 0 Å². The molecule has 0 heterocycles. The van der Waals surface area contributed by atoms with E-state index in [1.165, 1.54) is 5.56 Å². The van der Waals surface area contributed by atoms with E-state index in [0.717, 1.165) is 11.1 Å². The predicted molar refractivity (Wildman–Crippen MR) is 63.6 cm³/mol. The predicted octanol–water partition coefficient (Wildman–Crippen LogP) is 3.75. The molecule has 0 saturated heterocycles. The molecule has 0 aliphatic heterocycles. The SMILES string of the molecule is Cc1cc(C)c(C(=O)C(Cl)Br)cc1C. The second-order valence-electron chi connectivity index (χ2n) is 3.42. The molecule has 0 aliphatic rings. The number of alkyl halides is 2. The van der Waals surface area contributed by atoms with Crippen LogP contribution in [0.15, 0.2) is 12.1 Å². The lowest BCUT2D eigenvalue weighted by Gasteiger charge is -2.09. The van der Waals surface area contributed by atoms with E-state index in [4.69, 9.17) is 11.6 Å². The minimum atomic E-state index is -0.636. The maximum atomic E-state index is 11.6. The number of rotatable bonds is 2. The second-order valence-corrected chi connectivity index (χ2v) is 5.30. The molecule has 0 fully saturated rings. The Morgan fingerprint density at radius 1 is 1.21 bits per heavy atom. The summed E-state index contributed by atoms with van der Waals surface area (Å²) in [5.41, 5.74) is 3.98. The van der Waals surface area contributed by atoms with Gasteiger partial charge in [-0.3, -0.25) is 4.79 Å². The third kappa shape index (κ3) is 2.37. The number of Topliss-reactive ketones (excluding diaryl/α,β-unsaturated/α-hetero) is 1. The summed E-state index contributed by atoms with van der Waals surface area (Å²) in [6.45, 7) is 5.94. The Morgan fingerprint density at radius 3 is 2.21 bits per heavy atom. The zero-order valence-corrected chi connectivity index (χ0v) is 10.7. The van der Waals surface area contributed by atoms with Crippen LogP contribution in [-0.4, -0.2) is 10.1 Å². The summed E-state index contributed by atoms with van der Waals surface area (Å²) >= 11 is 8.76. The Labute approximate surface area is 97.6 Å². The molecular weight excluding hydrogens is 263 g/mol. The van der Waals surface area contributed by atoms with E-state index in [1.807, 2.05) is 32.9 Å². The van der Waals surface area contributed by atoms with Gasteiger partial charge in [0.25, 0.3) is 0 Å². The molecule has 3 heteroatoms.